The van der Waals surface area contributed by atoms with Gasteiger partial charge in [-0.15, -0.1) is 0 Å². The number of hydrogen-bond donors (Lipinski definition) is 2. The molecule has 2 N–H and O–H groups in total. The third kappa shape index (κ3) is 3.51. The second-order valence-corrected chi connectivity index (χ2v) is 5.08. The highest BCUT2D eigenvalue weighted by Gasteiger charge is 2.03. The van der Waals surface area contributed by atoms with E-state index in [0.29, 0.717) is 6.54 Å². The number of nitrogens with one attached hydrogen (secondary N) is 1. The summed E-state index contributed by atoms with van der Waals surface area (Å²) in [7, 11) is 4.09. The molecule has 0 saturated carbocycles. The van der Waals surface area contributed by atoms with Crippen LogP contribution in [-0.4, -0.2) is 35.6 Å². The molecule has 5 heteroatoms. The van der Waals surface area contributed by atoms with E-state index >= 15 is 0 Å². The van der Waals surface area contributed by atoms with Crippen LogP contribution in [0, 0.1) is 6.92 Å². The molecule has 1 heterocycles. The zero-order chi connectivity index (χ0) is 14.5. The number of anilines is 2. The lowest BCUT2D eigenvalue weighted by molar-refractivity contribution is 0.269. The summed E-state index contributed by atoms with van der Waals surface area (Å²) in [5.41, 5.74) is 4.67. The fourth-order valence-corrected chi connectivity index (χ4v) is 2.13. The van der Waals surface area contributed by atoms with Gasteiger partial charge >= 0.3 is 0 Å². The van der Waals surface area contributed by atoms with Crippen molar-refractivity contribution in [2.75, 3.05) is 30.9 Å². The summed E-state index contributed by atoms with van der Waals surface area (Å²) in [5.74, 6) is 0. The second-order valence-electron chi connectivity index (χ2n) is 5.08. The van der Waals surface area contributed by atoms with Crippen LogP contribution in [0.4, 0.5) is 11.4 Å². The average molecular weight is 274 g/mol. The highest BCUT2D eigenvalue weighted by Crippen LogP contribution is 2.22. The van der Waals surface area contributed by atoms with Crippen LogP contribution in [0.5, 0.6) is 0 Å². The summed E-state index contributed by atoms with van der Waals surface area (Å²) >= 11 is 0. The lowest BCUT2D eigenvalue weighted by Crippen LogP contribution is -2.10. The van der Waals surface area contributed by atoms with Crippen molar-refractivity contribution in [2.45, 2.75) is 20.0 Å². The maximum Gasteiger partial charge on any atom is 0.0640 e. The number of aryl methyl sites for hydroxylation is 1. The third-order valence-electron chi connectivity index (χ3n) is 3.20. The van der Waals surface area contributed by atoms with Crippen LogP contribution in [0.1, 0.15) is 11.1 Å². The van der Waals surface area contributed by atoms with Crippen molar-refractivity contribution >= 4 is 11.4 Å². The largest absolute Gasteiger partial charge is 0.394 e. The van der Waals surface area contributed by atoms with Crippen molar-refractivity contribution in [2.24, 2.45) is 0 Å². The van der Waals surface area contributed by atoms with E-state index in [-0.39, 0.29) is 6.61 Å². The van der Waals surface area contributed by atoms with E-state index < -0.39 is 0 Å². The number of rotatable bonds is 6. The Morgan fingerprint density at radius 3 is 2.85 bits per heavy atom. The third-order valence-corrected chi connectivity index (χ3v) is 3.20. The summed E-state index contributed by atoms with van der Waals surface area (Å²) in [6.45, 7) is 3.48. The van der Waals surface area contributed by atoms with E-state index in [4.69, 9.17) is 5.11 Å². The van der Waals surface area contributed by atoms with Gasteiger partial charge in [0.1, 0.15) is 0 Å². The number of hydrogen-bond acceptors (Lipinski definition) is 4. The van der Waals surface area contributed by atoms with E-state index in [1.807, 2.05) is 26.5 Å². The number of aliphatic hydroxyl groups excluding tert-OH is 1. The van der Waals surface area contributed by atoms with E-state index in [1.165, 1.54) is 11.3 Å². The normalized spacial score (nSPS) is 10.6. The van der Waals surface area contributed by atoms with Crippen LogP contribution in [-0.2, 0) is 13.1 Å². The minimum Gasteiger partial charge on any atom is -0.394 e. The molecule has 0 bridgehead atoms. The molecule has 0 atom stereocenters. The monoisotopic (exact) mass is 274 g/mol. The molecule has 0 amide bonds. The molecule has 108 valence electrons. The number of benzene rings is 1. The molecular weight excluding hydrogens is 252 g/mol. The molecule has 0 fully saturated rings. The lowest BCUT2D eigenvalue weighted by atomic mass is 10.1. The first-order valence-electron chi connectivity index (χ1n) is 6.74. The molecule has 0 aliphatic rings. The van der Waals surface area contributed by atoms with Crippen molar-refractivity contribution in [3.8, 4) is 0 Å². The predicted octanol–water partition coefficient (Wildman–Crippen LogP) is 1.86. The molecule has 2 aromatic rings. The van der Waals surface area contributed by atoms with Crippen LogP contribution >= 0.6 is 0 Å². The maximum absolute atomic E-state index is 8.86. The first kappa shape index (κ1) is 14.4. The van der Waals surface area contributed by atoms with E-state index in [1.54, 1.807) is 4.68 Å². The molecule has 1 aromatic heterocycles. The molecule has 20 heavy (non-hydrogen) atoms. The predicted molar refractivity (Wildman–Crippen MR) is 82.1 cm³/mol. The van der Waals surface area contributed by atoms with Crippen molar-refractivity contribution in [1.82, 2.24) is 9.78 Å². The molecule has 5 nitrogen and oxygen atoms in total. The summed E-state index contributed by atoms with van der Waals surface area (Å²) in [4.78, 5) is 2.11. The Bertz CT molecular complexity index is 563. The van der Waals surface area contributed by atoms with Crippen molar-refractivity contribution in [3.63, 3.8) is 0 Å². The topological polar surface area (TPSA) is 53.3 Å². The second kappa shape index (κ2) is 6.43. The van der Waals surface area contributed by atoms with Gasteiger partial charge < -0.3 is 15.3 Å². The quantitative estimate of drug-likeness (QED) is 0.844. The van der Waals surface area contributed by atoms with Gasteiger partial charge in [0.05, 0.1) is 19.3 Å². The minimum atomic E-state index is 0.110. The summed E-state index contributed by atoms with van der Waals surface area (Å²) in [5, 5.41) is 16.4. The van der Waals surface area contributed by atoms with E-state index in [9.17, 15) is 0 Å². The first-order chi connectivity index (χ1) is 9.60. The van der Waals surface area contributed by atoms with E-state index in [2.05, 4.69) is 40.4 Å². The Morgan fingerprint density at radius 2 is 2.15 bits per heavy atom. The van der Waals surface area contributed by atoms with Gasteiger partial charge in [-0.1, -0.05) is 6.07 Å². The van der Waals surface area contributed by atoms with Gasteiger partial charge in [-0.2, -0.15) is 5.10 Å². The van der Waals surface area contributed by atoms with Crippen molar-refractivity contribution < 1.29 is 5.11 Å². The molecule has 0 saturated heterocycles. The highest BCUT2D eigenvalue weighted by molar-refractivity contribution is 5.61. The van der Waals surface area contributed by atoms with Crippen molar-refractivity contribution in [3.05, 3.63) is 41.7 Å². The fourth-order valence-electron chi connectivity index (χ4n) is 2.13. The maximum atomic E-state index is 8.86. The Balaban J connectivity index is 2.01. The molecule has 0 spiro atoms. The van der Waals surface area contributed by atoms with E-state index in [0.717, 1.165) is 17.8 Å². The molecule has 2 rings (SSSR count). The summed E-state index contributed by atoms with van der Waals surface area (Å²) < 4.78 is 1.75. The SMILES string of the molecule is Cc1ccc(NCc2cnn(CCO)c2)cc1N(C)C. The molecule has 0 unspecified atom stereocenters. The van der Waals surface area contributed by atoms with Gasteiger partial charge in [0.15, 0.2) is 0 Å². The Labute approximate surface area is 119 Å². The average Bonchev–Trinajstić information content (AvgIpc) is 2.86. The molecular formula is C15H22N4O. The number of nitrogens with zero attached hydrogens (tertiary/aromatic N) is 3. The van der Waals surface area contributed by atoms with Gasteiger partial charge in [-0.25, -0.2) is 0 Å². The van der Waals surface area contributed by atoms with Crippen LogP contribution < -0.4 is 10.2 Å². The molecule has 0 radical (unpaired) electrons. The van der Waals surface area contributed by atoms with Gasteiger partial charge in [0.25, 0.3) is 0 Å². The molecule has 0 aliphatic heterocycles. The number of aromatic nitrogens is 2. The summed E-state index contributed by atoms with van der Waals surface area (Å²) in [6, 6.07) is 6.35. The molecule has 0 aliphatic carbocycles. The molecule has 1 aromatic carbocycles. The Morgan fingerprint density at radius 1 is 1.35 bits per heavy atom. The number of aliphatic hydroxyl groups is 1. The van der Waals surface area contributed by atoms with Gasteiger partial charge in [0, 0.05) is 43.8 Å². The van der Waals surface area contributed by atoms with Crippen LogP contribution in [0.15, 0.2) is 30.6 Å². The van der Waals surface area contributed by atoms with Crippen LogP contribution in [0.25, 0.3) is 0 Å². The van der Waals surface area contributed by atoms with Crippen molar-refractivity contribution in [1.29, 1.82) is 0 Å². The smallest absolute Gasteiger partial charge is 0.0640 e. The lowest BCUT2D eigenvalue weighted by Gasteiger charge is -2.17. The Hall–Kier alpha value is -2.01. The first-order valence-corrected chi connectivity index (χ1v) is 6.74. The standard InChI is InChI=1S/C15H22N4O/c1-12-4-5-14(8-15(12)18(2)3)16-9-13-10-17-19(11-13)6-7-20/h4-5,8,10-11,16,20H,6-7,9H2,1-3H3. The summed E-state index contributed by atoms with van der Waals surface area (Å²) in [6.07, 6.45) is 3.77. The minimum absolute atomic E-state index is 0.110. The zero-order valence-corrected chi connectivity index (χ0v) is 12.3. The Kier molecular flexibility index (Phi) is 4.63. The van der Waals surface area contributed by atoms with Crippen LogP contribution in [0.2, 0.25) is 0 Å². The van der Waals surface area contributed by atoms with Gasteiger partial charge in [0.2, 0.25) is 0 Å². The van der Waals surface area contributed by atoms with Gasteiger partial charge in [-0.3, -0.25) is 4.68 Å². The zero-order valence-electron chi connectivity index (χ0n) is 12.3. The van der Waals surface area contributed by atoms with Gasteiger partial charge in [-0.05, 0) is 24.6 Å². The fraction of sp³-hybridized carbons (Fsp3) is 0.400. The van der Waals surface area contributed by atoms with Crippen LogP contribution in [0.3, 0.4) is 0 Å². The highest BCUT2D eigenvalue weighted by atomic mass is 16.3.